The van der Waals surface area contributed by atoms with E-state index in [-0.39, 0.29) is 36.6 Å². The first-order valence-electron chi connectivity index (χ1n) is 7.49. The molecular formula is C16H22Cl2N4O3S. The number of amides is 2. The molecule has 2 aromatic rings. The first-order valence-corrected chi connectivity index (χ1v) is 8.37. The molecule has 0 unspecified atom stereocenters. The van der Waals surface area contributed by atoms with Gasteiger partial charge >= 0.3 is 0 Å². The SMILES string of the molecule is COCCNCCNC(=O)c1sccc1NC(=O)c1ccncc1.Cl.Cl. The lowest BCUT2D eigenvalue weighted by Gasteiger charge is -2.08. The third-order valence-electron chi connectivity index (χ3n) is 3.13. The zero-order chi connectivity index (χ0) is 17.2. The van der Waals surface area contributed by atoms with Crippen LogP contribution in [0.15, 0.2) is 36.0 Å². The predicted molar refractivity (Wildman–Crippen MR) is 108 cm³/mol. The Labute approximate surface area is 168 Å². The van der Waals surface area contributed by atoms with E-state index in [0.29, 0.717) is 35.8 Å². The predicted octanol–water partition coefficient (Wildman–Crippen LogP) is 2.20. The third-order valence-corrected chi connectivity index (χ3v) is 4.05. The van der Waals surface area contributed by atoms with Gasteiger partial charge < -0.3 is 20.7 Å². The second kappa shape index (κ2) is 13.5. The molecule has 26 heavy (non-hydrogen) atoms. The van der Waals surface area contributed by atoms with Gasteiger partial charge in [0.25, 0.3) is 11.8 Å². The van der Waals surface area contributed by atoms with Crippen LogP contribution >= 0.6 is 36.2 Å². The Bertz CT molecular complexity index is 671. The number of thiophene rings is 1. The molecule has 0 fully saturated rings. The molecule has 2 amide bonds. The van der Waals surface area contributed by atoms with Crippen molar-refractivity contribution in [2.45, 2.75) is 0 Å². The molecule has 0 spiro atoms. The van der Waals surface area contributed by atoms with Crippen LogP contribution in [0.1, 0.15) is 20.0 Å². The van der Waals surface area contributed by atoms with Crippen LogP contribution in [-0.2, 0) is 4.74 Å². The Morgan fingerprint density at radius 2 is 1.81 bits per heavy atom. The Kier molecular flexibility index (Phi) is 12.6. The fourth-order valence-electron chi connectivity index (χ4n) is 1.93. The second-order valence-corrected chi connectivity index (χ2v) is 5.77. The van der Waals surface area contributed by atoms with Gasteiger partial charge in [0.1, 0.15) is 4.88 Å². The highest BCUT2D eigenvalue weighted by Crippen LogP contribution is 2.22. The van der Waals surface area contributed by atoms with Crippen molar-refractivity contribution in [3.8, 4) is 0 Å². The lowest BCUT2D eigenvalue weighted by atomic mass is 10.2. The van der Waals surface area contributed by atoms with Gasteiger partial charge in [-0.1, -0.05) is 0 Å². The zero-order valence-corrected chi connectivity index (χ0v) is 16.6. The molecule has 2 heterocycles. The first-order chi connectivity index (χ1) is 11.7. The van der Waals surface area contributed by atoms with Gasteiger partial charge in [0.15, 0.2) is 0 Å². The van der Waals surface area contributed by atoms with Crippen molar-refractivity contribution in [3.05, 3.63) is 46.4 Å². The molecule has 0 saturated carbocycles. The molecule has 2 aromatic heterocycles. The average Bonchev–Trinajstić information content (AvgIpc) is 3.06. The van der Waals surface area contributed by atoms with E-state index in [1.54, 1.807) is 43.1 Å². The minimum Gasteiger partial charge on any atom is -0.383 e. The molecule has 0 aliphatic rings. The van der Waals surface area contributed by atoms with Crippen molar-refractivity contribution >= 4 is 53.7 Å². The number of aromatic nitrogens is 1. The van der Waals surface area contributed by atoms with Gasteiger partial charge in [-0.05, 0) is 23.6 Å². The summed E-state index contributed by atoms with van der Waals surface area (Å²) in [5.74, 6) is -0.477. The number of hydrogen-bond acceptors (Lipinski definition) is 6. The number of ether oxygens (including phenoxy) is 1. The molecule has 0 aliphatic heterocycles. The standard InChI is InChI=1S/C16H20N4O3S.2ClH/c1-23-10-9-18-7-8-19-16(22)14-13(4-11-24-14)20-15(21)12-2-5-17-6-3-12;;/h2-6,11,18H,7-10H2,1H3,(H,19,22)(H,20,21);2*1H. The monoisotopic (exact) mass is 420 g/mol. The number of rotatable bonds is 9. The average molecular weight is 421 g/mol. The van der Waals surface area contributed by atoms with E-state index in [9.17, 15) is 9.59 Å². The van der Waals surface area contributed by atoms with Gasteiger partial charge in [-0.3, -0.25) is 14.6 Å². The fourth-order valence-corrected chi connectivity index (χ4v) is 2.69. The summed E-state index contributed by atoms with van der Waals surface area (Å²) in [7, 11) is 1.64. The maximum Gasteiger partial charge on any atom is 0.263 e. The maximum atomic E-state index is 12.2. The maximum absolute atomic E-state index is 12.2. The van der Waals surface area contributed by atoms with Gasteiger partial charge in [-0.2, -0.15) is 0 Å². The van der Waals surface area contributed by atoms with E-state index in [1.807, 2.05) is 0 Å². The van der Waals surface area contributed by atoms with Crippen molar-refractivity contribution < 1.29 is 14.3 Å². The van der Waals surface area contributed by atoms with Crippen LogP contribution in [0.25, 0.3) is 0 Å². The van der Waals surface area contributed by atoms with Gasteiger partial charge in [0.05, 0.1) is 12.3 Å². The van der Waals surface area contributed by atoms with E-state index >= 15 is 0 Å². The van der Waals surface area contributed by atoms with E-state index in [4.69, 9.17) is 4.74 Å². The fraction of sp³-hybridized carbons (Fsp3) is 0.312. The molecule has 0 radical (unpaired) electrons. The first kappa shape index (κ1) is 24.3. The highest BCUT2D eigenvalue weighted by atomic mass is 35.5. The van der Waals surface area contributed by atoms with Crippen LogP contribution < -0.4 is 16.0 Å². The van der Waals surface area contributed by atoms with Gasteiger partial charge in [0.2, 0.25) is 0 Å². The number of nitrogens with one attached hydrogen (secondary N) is 3. The topological polar surface area (TPSA) is 92.4 Å². The van der Waals surface area contributed by atoms with Crippen molar-refractivity contribution in [1.29, 1.82) is 0 Å². The van der Waals surface area contributed by atoms with E-state index in [1.165, 1.54) is 11.3 Å². The number of hydrogen-bond donors (Lipinski definition) is 3. The minimum atomic E-state index is -0.272. The Morgan fingerprint density at radius 3 is 2.50 bits per heavy atom. The van der Waals surface area contributed by atoms with Crippen molar-refractivity contribution in [3.63, 3.8) is 0 Å². The van der Waals surface area contributed by atoms with Crippen LogP contribution in [0.2, 0.25) is 0 Å². The molecule has 7 nitrogen and oxygen atoms in total. The number of methoxy groups -OCH3 is 1. The number of nitrogens with zero attached hydrogens (tertiary/aromatic N) is 1. The highest BCUT2D eigenvalue weighted by molar-refractivity contribution is 7.12. The lowest BCUT2D eigenvalue weighted by Crippen LogP contribution is -2.33. The number of carbonyl (C=O) groups is 2. The molecule has 0 aliphatic carbocycles. The summed E-state index contributed by atoms with van der Waals surface area (Å²) in [5, 5.41) is 10.5. The van der Waals surface area contributed by atoms with E-state index in [2.05, 4.69) is 20.9 Å². The van der Waals surface area contributed by atoms with Crippen LogP contribution in [0.4, 0.5) is 5.69 Å². The molecule has 144 valence electrons. The number of halogens is 2. The summed E-state index contributed by atoms with van der Waals surface area (Å²) in [6.45, 7) is 2.51. The van der Waals surface area contributed by atoms with Gasteiger partial charge in [-0.15, -0.1) is 36.2 Å². The molecule has 10 heteroatoms. The normalized spacial score (nSPS) is 9.58. The Balaban J connectivity index is 0.00000312. The third kappa shape index (κ3) is 7.67. The van der Waals surface area contributed by atoms with Gasteiger partial charge in [-0.25, -0.2) is 0 Å². The summed E-state index contributed by atoms with van der Waals surface area (Å²) in [5.41, 5.74) is 0.997. The smallest absolute Gasteiger partial charge is 0.263 e. The summed E-state index contributed by atoms with van der Waals surface area (Å²) < 4.78 is 4.93. The van der Waals surface area contributed by atoms with Crippen LogP contribution in [0, 0.1) is 0 Å². The lowest BCUT2D eigenvalue weighted by molar-refractivity contribution is 0.0958. The molecule has 3 N–H and O–H groups in total. The van der Waals surface area contributed by atoms with Crippen LogP contribution in [0.3, 0.4) is 0 Å². The molecule has 0 saturated heterocycles. The molecule has 0 atom stereocenters. The van der Waals surface area contributed by atoms with Crippen molar-refractivity contribution in [2.75, 3.05) is 38.7 Å². The molecule has 0 aromatic carbocycles. The highest BCUT2D eigenvalue weighted by Gasteiger charge is 2.15. The summed E-state index contributed by atoms with van der Waals surface area (Å²) >= 11 is 1.29. The molecule has 0 bridgehead atoms. The van der Waals surface area contributed by atoms with E-state index in [0.717, 1.165) is 6.54 Å². The Hall–Kier alpha value is -1.71. The minimum absolute atomic E-state index is 0. The summed E-state index contributed by atoms with van der Waals surface area (Å²) in [6.07, 6.45) is 3.10. The summed E-state index contributed by atoms with van der Waals surface area (Å²) in [4.78, 5) is 28.7. The molecule has 2 rings (SSSR count). The number of anilines is 1. The summed E-state index contributed by atoms with van der Waals surface area (Å²) in [6, 6.07) is 4.95. The van der Waals surface area contributed by atoms with E-state index < -0.39 is 0 Å². The van der Waals surface area contributed by atoms with Crippen molar-refractivity contribution in [1.82, 2.24) is 15.6 Å². The van der Waals surface area contributed by atoms with Crippen molar-refractivity contribution in [2.24, 2.45) is 0 Å². The van der Waals surface area contributed by atoms with Gasteiger partial charge in [0, 0.05) is 44.7 Å². The quantitative estimate of drug-likeness (QED) is 0.540. The van der Waals surface area contributed by atoms with Crippen LogP contribution in [0.5, 0.6) is 0 Å². The largest absolute Gasteiger partial charge is 0.383 e. The number of pyridine rings is 1. The zero-order valence-electron chi connectivity index (χ0n) is 14.2. The van der Waals surface area contributed by atoms with Crippen LogP contribution in [-0.4, -0.2) is 50.1 Å². The molecular weight excluding hydrogens is 399 g/mol. The Morgan fingerprint density at radius 1 is 1.08 bits per heavy atom. The second-order valence-electron chi connectivity index (χ2n) is 4.85. The number of carbonyl (C=O) groups excluding carboxylic acids is 2.